The van der Waals surface area contributed by atoms with E-state index < -0.39 is 16.4 Å². The van der Waals surface area contributed by atoms with Crippen molar-refractivity contribution in [1.82, 2.24) is 0 Å². The number of nitro benzene ring substituents is 1. The Morgan fingerprint density at radius 2 is 2.26 bits per heavy atom. The molecule has 7 heteroatoms. The Balaban J connectivity index is 2.53. The van der Waals surface area contributed by atoms with Crippen LogP contribution in [-0.4, -0.2) is 23.8 Å². The fourth-order valence-electron chi connectivity index (χ4n) is 1.41. The number of methoxy groups -OCH3 is 1. The van der Waals surface area contributed by atoms with Gasteiger partial charge in [0, 0.05) is 17.6 Å². The Morgan fingerprint density at radius 1 is 1.58 bits per heavy atom. The molecule has 1 aromatic carbocycles. The van der Waals surface area contributed by atoms with Gasteiger partial charge in [-0.05, 0) is 11.6 Å². The summed E-state index contributed by atoms with van der Waals surface area (Å²) in [6.45, 7) is 1.75. The molecule has 0 N–H and O–H groups in total. The molecule has 0 radical (unpaired) electrons. The molecule has 1 unspecified atom stereocenters. The number of hydrogen-bond donors (Lipinski definition) is 0. The Hall–Kier alpha value is -1.63. The minimum absolute atomic E-state index is 0.238. The van der Waals surface area contributed by atoms with Crippen LogP contribution in [0.3, 0.4) is 0 Å². The van der Waals surface area contributed by atoms with Crippen LogP contribution in [0.15, 0.2) is 18.2 Å². The third-order valence-electron chi connectivity index (χ3n) is 2.45. The van der Waals surface area contributed by atoms with Gasteiger partial charge in [0.15, 0.2) is 0 Å². The van der Waals surface area contributed by atoms with Gasteiger partial charge < -0.3 is 4.74 Å². The van der Waals surface area contributed by atoms with E-state index in [1.165, 1.54) is 24.9 Å². The number of rotatable bonds is 6. The lowest BCUT2D eigenvalue weighted by molar-refractivity contribution is -0.387. The predicted molar refractivity (Wildman–Crippen MR) is 70.4 cm³/mol. The van der Waals surface area contributed by atoms with Crippen LogP contribution in [0, 0.1) is 21.8 Å². The molecule has 1 atom stereocenters. The first-order valence-electron chi connectivity index (χ1n) is 5.54. The first kappa shape index (κ1) is 15.4. The van der Waals surface area contributed by atoms with E-state index in [0.29, 0.717) is 17.1 Å². The van der Waals surface area contributed by atoms with Crippen molar-refractivity contribution >= 4 is 23.4 Å². The molecule has 5 nitrogen and oxygen atoms in total. The smallest absolute Gasteiger partial charge is 0.309 e. The molecule has 0 aliphatic rings. The van der Waals surface area contributed by atoms with Gasteiger partial charge >= 0.3 is 11.7 Å². The summed E-state index contributed by atoms with van der Waals surface area (Å²) in [5.41, 5.74) is 0.113. The van der Waals surface area contributed by atoms with Gasteiger partial charge in [-0.3, -0.25) is 14.9 Å². The van der Waals surface area contributed by atoms with E-state index in [0.717, 1.165) is 12.1 Å². The number of carbonyl (C=O) groups excluding carboxylic acids is 1. The number of thioether (sulfide) groups is 1. The van der Waals surface area contributed by atoms with Gasteiger partial charge in [-0.25, -0.2) is 0 Å². The van der Waals surface area contributed by atoms with Crippen LogP contribution in [0.2, 0.25) is 0 Å². The number of nitrogens with zero attached hydrogens (tertiary/aromatic N) is 1. The molecule has 0 saturated carbocycles. The normalized spacial score (nSPS) is 11.9. The van der Waals surface area contributed by atoms with Crippen molar-refractivity contribution in [3.63, 3.8) is 0 Å². The fraction of sp³-hybridized carbons (Fsp3) is 0.417. The molecule has 19 heavy (non-hydrogen) atoms. The molecular formula is C12H14FNO4S. The Bertz CT molecular complexity index is 481. The Labute approximate surface area is 114 Å². The molecule has 104 valence electrons. The van der Waals surface area contributed by atoms with E-state index in [1.807, 2.05) is 0 Å². The van der Waals surface area contributed by atoms with Crippen molar-refractivity contribution in [3.8, 4) is 0 Å². The van der Waals surface area contributed by atoms with Crippen molar-refractivity contribution in [2.24, 2.45) is 5.92 Å². The van der Waals surface area contributed by atoms with Crippen LogP contribution < -0.4 is 0 Å². The summed E-state index contributed by atoms with van der Waals surface area (Å²) in [6.07, 6.45) is 0. The highest BCUT2D eigenvalue weighted by molar-refractivity contribution is 7.98. The minimum Gasteiger partial charge on any atom is -0.469 e. The zero-order valence-electron chi connectivity index (χ0n) is 10.6. The van der Waals surface area contributed by atoms with Crippen molar-refractivity contribution < 1.29 is 18.8 Å². The highest BCUT2D eigenvalue weighted by Gasteiger charge is 2.15. The molecule has 0 heterocycles. The summed E-state index contributed by atoms with van der Waals surface area (Å²) in [5, 5.41) is 10.5. The van der Waals surface area contributed by atoms with Crippen LogP contribution in [0.4, 0.5) is 10.1 Å². The lowest BCUT2D eigenvalue weighted by atomic mass is 10.2. The third kappa shape index (κ3) is 4.51. The highest BCUT2D eigenvalue weighted by Crippen LogP contribution is 2.22. The van der Waals surface area contributed by atoms with Gasteiger partial charge in [0.25, 0.3) is 0 Å². The van der Waals surface area contributed by atoms with E-state index >= 15 is 0 Å². The summed E-state index contributed by atoms with van der Waals surface area (Å²) >= 11 is 1.44. The average molecular weight is 287 g/mol. The molecule has 1 rings (SSSR count). The molecule has 0 aromatic heterocycles. The number of nitro groups is 1. The first-order chi connectivity index (χ1) is 8.95. The lowest BCUT2D eigenvalue weighted by Gasteiger charge is -2.08. The topological polar surface area (TPSA) is 69.4 Å². The molecule has 0 aliphatic heterocycles. The van der Waals surface area contributed by atoms with Crippen LogP contribution in [0.25, 0.3) is 0 Å². The summed E-state index contributed by atoms with van der Waals surface area (Å²) < 4.78 is 17.9. The summed E-state index contributed by atoms with van der Waals surface area (Å²) in [7, 11) is 1.33. The molecule has 0 saturated heterocycles. The van der Waals surface area contributed by atoms with Crippen LogP contribution in [-0.2, 0) is 15.3 Å². The molecule has 0 spiro atoms. The highest BCUT2D eigenvalue weighted by atomic mass is 32.2. The van der Waals surface area contributed by atoms with E-state index in [1.54, 1.807) is 6.92 Å². The van der Waals surface area contributed by atoms with E-state index in [-0.39, 0.29) is 11.9 Å². The maximum absolute atomic E-state index is 13.3. The van der Waals surface area contributed by atoms with Gasteiger partial charge in [0.05, 0.1) is 18.0 Å². The summed E-state index contributed by atoms with van der Waals surface area (Å²) in [6, 6.07) is 3.81. The standard InChI is InChI=1S/C12H14FNO4S/c1-8(12(15)18-2)6-19-7-9-3-4-11(14(16)17)10(13)5-9/h3-5,8H,6-7H2,1-2H3. The predicted octanol–water partition coefficient (Wildman–Crippen LogP) is 2.78. The van der Waals surface area contributed by atoms with E-state index in [2.05, 4.69) is 4.74 Å². The number of benzene rings is 1. The zero-order valence-corrected chi connectivity index (χ0v) is 11.4. The van der Waals surface area contributed by atoms with Crippen LogP contribution >= 0.6 is 11.8 Å². The molecule has 0 amide bonds. The minimum atomic E-state index is -0.843. The SMILES string of the molecule is COC(=O)C(C)CSCc1ccc([N+](=O)[O-])c(F)c1. The van der Waals surface area contributed by atoms with E-state index in [9.17, 15) is 19.3 Å². The fourth-order valence-corrected chi connectivity index (χ4v) is 2.43. The van der Waals surface area contributed by atoms with Gasteiger partial charge in [0.2, 0.25) is 5.82 Å². The Morgan fingerprint density at radius 3 is 2.79 bits per heavy atom. The molecule has 0 bridgehead atoms. The Kier molecular flexibility index (Phi) is 5.75. The molecule has 0 aliphatic carbocycles. The van der Waals surface area contributed by atoms with Crippen molar-refractivity contribution in [1.29, 1.82) is 0 Å². The van der Waals surface area contributed by atoms with Gasteiger partial charge in [-0.15, -0.1) is 0 Å². The van der Waals surface area contributed by atoms with Crippen LogP contribution in [0.1, 0.15) is 12.5 Å². The van der Waals surface area contributed by atoms with Crippen LogP contribution in [0.5, 0.6) is 0 Å². The second-order valence-electron chi connectivity index (χ2n) is 3.98. The second-order valence-corrected chi connectivity index (χ2v) is 5.01. The maximum Gasteiger partial charge on any atom is 0.309 e. The molecule has 1 aromatic rings. The van der Waals surface area contributed by atoms with Gasteiger partial charge in [-0.2, -0.15) is 16.2 Å². The zero-order chi connectivity index (χ0) is 14.4. The van der Waals surface area contributed by atoms with Crippen molar-refractivity contribution in [2.45, 2.75) is 12.7 Å². The lowest BCUT2D eigenvalue weighted by Crippen LogP contribution is -2.14. The largest absolute Gasteiger partial charge is 0.469 e. The number of halogens is 1. The van der Waals surface area contributed by atoms with Gasteiger partial charge in [0.1, 0.15) is 0 Å². The quantitative estimate of drug-likeness (QED) is 0.457. The number of hydrogen-bond acceptors (Lipinski definition) is 5. The van der Waals surface area contributed by atoms with E-state index in [4.69, 9.17) is 0 Å². The average Bonchev–Trinajstić information content (AvgIpc) is 2.37. The molecular weight excluding hydrogens is 273 g/mol. The maximum atomic E-state index is 13.3. The van der Waals surface area contributed by atoms with Gasteiger partial charge in [-0.1, -0.05) is 13.0 Å². The van der Waals surface area contributed by atoms with Crippen molar-refractivity contribution in [3.05, 3.63) is 39.7 Å². The van der Waals surface area contributed by atoms with Crippen molar-refractivity contribution in [2.75, 3.05) is 12.9 Å². The number of ether oxygens (including phenoxy) is 1. The second kappa shape index (κ2) is 7.08. The monoisotopic (exact) mass is 287 g/mol. The number of carbonyl (C=O) groups is 1. The number of esters is 1. The third-order valence-corrected chi connectivity index (χ3v) is 3.72. The molecule has 0 fully saturated rings. The summed E-state index contributed by atoms with van der Waals surface area (Å²) in [5.74, 6) is -0.342. The first-order valence-corrected chi connectivity index (χ1v) is 6.69. The summed E-state index contributed by atoms with van der Waals surface area (Å²) in [4.78, 5) is 20.9.